The van der Waals surface area contributed by atoms with Gasteiger partial charge in [-0.3, -0.25) is 4.79 Å². The predicted octanol–water partition coefficient (Wildman–Crippen LogP) is 2.36. The van der Waals surface area contributed by atoms with E-state index in [-0.39, 0.29) is 5.92 Å². The first kappa shape index (κ1) is 12.5. The molecule has 2 bridgehead atoms. The highest BCUT2D eigenvalue weighted by atomic mass is 16.2. The smallest absolute Gasteiger partial charge is 0.224 e. The van der Waals surface area contributed by atoms with Crippen molar-refractivity contribution >= 4 is 5.91 Å². The minimum Gasteiger partial charge on any atom is -0.353 e. The number of fused-ring (bicyclic) bond motifs is 2. The van der Waals surface area contributed by atoms with Crippen LogP contribution in [0.4, 0.5) is 0 Å². The first-order valence-corrected chi connectivity index (χ1v) is 7.89. The molecule has 3 atom stereocenters. The van der Waals surface area contributed by atoms with Crippen LogP contribution in [0.2, 0.25) is 0 Å². The summed E-state index contributed by atoms with van der Waals surface area (Å²) in [5.74, 6) is 0.592. The summed E-state index contributed by atoms with van der Waals surface area (Å²) in [6.45, 7) is 0. The molecule has 102 valence electrons. The minimum atomic E-state index is 0.259. The van der Waals surface area contributed by atoms with Crippen LogP contribution in [-0.4, -0.2) is 24.0 Å². The lowest BCUT2D eigenvalue weighted by molar-refractivity contribution is -0.126. The number of amides is 1. The minimum absolute atomic E-state index is 0.259. The van der Waals surface area contributed by atoms with E-state index in [9.17, 15) is 4.79 Å². The number of hydrogen-bond acceptors (Lipinski definition) is 2. The van der Waals surface area contributed by atoms with Crippen molar-refractivity contribution in [3.8, 4) is 0 Å². The second-order valence-corrected chi connectivity index (χ2v) is 6.44. The first-order valence-electron chi connectivity index (χ1n) is 7.89. The van der Waals surface area contributed by atoms with E-state index in [1.54, 1.807) is 0 Å². The van der Waals surface area contributed by atoms with Crippen molar-refractivity contribution < 1.29 is 4.79 Å². The quantitative estimate of drug-likeness (QED) is 0.790. The van der Waals surface area contributed by atoms with Crippen LogP contribution in [0.15, 0.2) is 0 Å². The Kier molecular flexibility index (Phi) is 3.88. The average molecular weight is 250 g/mol. The van der Waals surface area contributed by atoms with Crippen LogP contribution in [0, 0.1) is 5.92 Å². The zero-order chi connectivity index (χ0) is 12.4. The van der Waals surface area contributed by atoms with Crippen molar-refractivity contribution in [3.05, 3.63) is 0 Å². The monoisotopic (exact) mass is 250 g/mol. The van der Waals surface area contributed by atoms with Crippen LogP contribution in [-0.2, 0) is 4.79 Å². The van der Waals surface area contributed by atoms with E-state index in [1.807, 2.05) is 0 Å². The third-order valence-electron chi connectivity index (χ3n) is 5.09. The van der Waals surface area contributed by atoms with Crippen molar-refractivity contribution in [2.24, 2.45) is 5.92 Å². The Morgan fingerprint density at radius 3 is 2.28 bits per heavy atom. The average Bonchev–Trinajstić information content (AvgIpc) is 2.94. The van der Waals surface area contributed by atoms with Gasteiger partial charge >= 0.3 is 0 Å². The van der Waals surface area contributed by atoms with E-state index in [2.05, 4.69) is 10.6 Å². The van der Waals surface area contributed by atoms with E-state index < -0.39 is 0 Å². The fourth-order valence-electron chi connectivity index (χ4n) is 4.02. The summed E-state index contributed by atoms with van der Waals surface area (Å²) in [5, 5.41) is 6.89. The lowest BCUT2D eigenvalue weighted by atomic mass is 9.88. The molecule has 0 radical (unpaired) electrons. The highest BCUT2D eigenvalue weighted by molar-refractivity contribution is 5.80. The molecule has 0 aromatic carbocycles. The predicted molar refractivity (Wildman–Crippen MR) is 72.3 cm³/mol. The Balaban J connectivity index is 1.50. The summed E-state index contributed by atoms with van der Waals surface area (Å²) in [4.78, 5) is 12.4. The first-order chi connectivity index (χ1) is 8.83. The topological polar surface area (TPSA) is 41.1 Å². The van der Waals surface area contributed by atoms with Gasteiger partial charge in [-0.05, 0) is 32.1 Å². The molecular weight excluding hydrogens is 224 g/mol. The fourth-order valence-corrected chi connectivity index (χ4v) is 4.02. The maximum atomic E-state index is 12.4. The molecule has 2 N–H and O–H groups in total. The molecule has 2 heterocycles. The Hall–Kier alpha value is -0.570. The fraction of sp³-hybridized carbons (Fsp3) is 0.933. The second kappa shape index (κ2) is 5.60. The molecule has 3 rings (SSSR count). The maximum absolute atomic E-state index is 12.4. The van der Waals surface area contributed by atoms with Crippen molar-refractivity contribution in [3.63, 3.8) is 0 Å². The van der Waals surface area contributed by atoms with Gasteiger partial charge in [-0.1, -0.05) is 32.1 Å². The normalized spacial score (nSPS) is 37.2. The molecule has 18 heavy (non-hydrogen) atoms. The molecule has 1 amide bonds. The number of carbonyl (C=O) groups excluding carboxylic acids is 1. The summed E-state index contributed by atoms with van der Waals surface area (Å²) in [5.41, 5.74) is 0. The number of rotatable bonds is 2. The molecule has 3 nitrogen and oxygen atoms in total. The summed E-state index contributed by atoms with van der Waals surface area (Å²) in [6.07, 6.45) is 12.6. The molecule has 3 unspecified atom stereocenters. The molecule has 1 aliphatic carbocycles. The van der Waals surface area contributed by atoms with E-state index in [4.69, 9.17) is 0 Å². The van der Waals surface area contributed by atoms with Crippen LogP contribution in [0.25, 0.3) is 0 Å². The molecule has 2 saturated heterocycles. The molecule has 2 aliphatic heterocycles. The zero-order valence-electron chi connectivity index (χ0n) is 11.3. The molecule has 0 spiro atoms. The summed E-state index contributed by atoms with van der Waals surface area (Å²) < 4.78 is 0. The van der Waals surface area contributed by atoms with Gasteiger partial charge in [0, 0.05) is 18.1 Å². The van der Waals surface area contributed by atoms with Crippen LogP contribution in [0.1, 0.15) is 64.2 Å². The Morgan fingerprint density at radius 1 is 0.944 bits per heavy atom. The molecule has 3 heteroatoms. The van der Waals surface area contributed by atoms with Crippen molar-refractivity contribution in [1.82, 2.24) is 10.6 Å². The Labute approximate surface area is 110 Å². The van der Waals surface area contributed by atoms with Gasteiger partial charge < -0.3 is 10.6 Å². The van der Waals surface area contributed by atoms with Crippen molar-refractivity contribution in [2.45, 2.75) is 82.3 Å². The third kappa shape index (κ3) is 2.71. The van der Waals surface area contributed by atoms with Crippen LogP contribution < -0.4 is 10.6 Å². The lowest BCUT2D eigenvalue weighted by Gasteiger charge is -2.25. The van der Waals surface area contributed by atoms with E-state index >= 15 is 0 Å². The van der Waals surface area contributed by atoms with Gasteiger partial charge in [-0.25, -0.2) is 0 Å². The molecular formula is C15H26N2O. The van der Waals surface area contributed by atoms with Crippen molar-refractivity contribution in [1.29, 1.82) is 0 Å². The maximum Gasteiger partial charge on any atom is 0.224 e. The highest BCUT2D eigenvalue weighted by Crippen LogP contribution is 2.33. The standard InChI is InChI=1S/C15H26N2O/c18-15(13-10-12-8-9-14(13)16-12)17-11-6-4-2-1-3-5-7-11/h11-14,16H,1-10H2,(H,17,18). The van der Waals surface area contributed by atoms with Crippen LogP contribution >= 0.6 is 0 Å². The second-order valence-electron chi connectivity index (χ2n) is 6.44. The van der Waals surface area contributed by atoms with Gasteiger partial charge in [0.05, 0.1) is 5.92 Å². The molecule has 3 aliphatic rings. The van der Waals surface area contributed by atoms with Gasteiger partial charge in [0.25, 0.3) is 0 Å². The van der Waals surface area contributed by atoms with Gasteiger partial charge in [-0.2, -0.15) is 0 Å². The van der Waals surface area contributed by atoms with Crippen LogP contribution in [0.5, 0.6) is 0 Å². The molecule has 0 aromatic heterocycles. The highest BCUT2D eigenvalue weighted by Gasteiger charge is 2.42. The molecule has 3 fully saturated rings. The largest absolute Gasteiger partial charge is 0.353 e. The number of hydrogen-bond donors (Lipinski definition) is 2. The summed E-state index contributed by atoms with van der Waals surface area (Å²) in [7, 11) is 0. The summed E-state index contributed by atoms with van der Waals surface area (Å²) in [6, 6.07) is 1.56. The third-order valence-corrected chi connectivity index (χ3v) is 5.09. The number of carbonyl (C=O) groups is 1. The molecule has 1 saturated carbocycles. The van der Waals surface area contributed by atoms with Crippen LogP contribution in [0.3, 0.4) is 0 Å². The SMILES string of the molecule is O=C(NC1CCCCCCC1)C1CC2CCC1N2. The Bertz CT molecular complexity index is 297. The Morgan fingerprint density at radius 2 is 1.67 bits per heavy atom. The lowest BCUT2D eigenvalue weighted by Crippen LogP contribution is -2.43. The van der Waals surface area contributed by atoms with E-state index in [1.165, 1.54) is 57.8 Å². The summed E-state index contributed by atoms with van der Waals surface area (Å²) >= 11 is 0. The van der Waals surface area contributed by atoms with Gasteiger partial charge in [-0.15, -0.1) is 0 Å². The van der Waals surface area contributed by atoms with Gasteiger partial charge in [0.15, 0.2) is 0 Å². The molecule has 0 aromatic rings. The van der Waals surface area contributed by atoms with E-state index in [0.717, 1.165) is 6.42 Å². The van der Waals surface area contributed by atoms with E-state index in [0.29, 0.717) is 24.0 Å². The zero-order valence-corrected chi connectivity index (χ0v) is 11.3. The van der Waals surface area contributed by atoms with Crippen molar-refractivity contribution in [2.75, 3.05) is 0 Å². The van der Waals surface area contributed by atoms with Gasteiger partial charge in [0.2, 0.25) is 5.91 Å². The van der Waals surface area contributed by atoms with Gasteiger partial charge in [0.1, 0.15) is 0 Å². The number of nitrogens with one attached hydrogen (secondary N) is 2.